The molecular formula is C27H34N8O2. The van der Waals surface area contributed by atoms with Gasteiger partial charge in [0.25, 0.3) is 5.91 Å². The number of anilines is 6. The number of carbonyl (C=O) groups excluding carboxylic acids is 1. The number of nitrogens with one attached hydrogen (secondary N) is 2. The van der Waals surface area contributed by atoms with Gasteiger partial charge in [-0.3, -0.25) is 9.69 Å². The molecule has 2 aliphatic rings. The summed E-state index contributed by atoms with van der Waals surface area (Å²) in [6.45, 7) is 11.8. The number of rotatable bonds is 5. The number of aryl methyl sites for hydroxylation is 2. The first kappa shape index (κ1) is 24.8. The predicted molar refractivity (Wildman–Crippen MR) is 147 cm³/mol. The van der Waals surface area contributed by atoms with Crippen LogP contribution in [0.4, 0.5) is 34.8 Å². The van der Waals surface area contributed by atoms with Gasteiger partial charge in [0.05, 0.1) is 0 Å². The molecule has 194 valence electrons. The number of hydrogen-bond acceptors (Lipinski definition) is 9. The molecule has 1 fully saturated rings. The summed E-state index contributed by atoms with van der Waals surface area (Å²) in [5.41, 5.74) is 3.34. The van der Waals surface area contributed by atoms with Crippen LogP contribution in [0.15, 0.2) is 36.5 Å². The molecule has 2 N–H and O–H groups in total. The van der Waals surface area contributed by atoms with Crippen LogP contribution in [-0.4, -0.2) is 71.6 Å². The predicted octanol–water partition coefficient (Wildman–Crippen LogP) is 3.86. The number of carbonyl (C=O) groups is 1. The van der Waals surface area contributed by atoms with E-state index in [2.05, 4.69) is 67.6 Å². The molecule has 0 bridgehead atoms. The van der Waals surface area contributed by atoms with E-state index < -0.39 is 5.60 Å². The summed E-state index contributed by atoms with van der Waals surface area (Å²) in [5, 5.41) is 6.59. The minimum Gasteiger partial charge on any atom is -0.474 e. The molecule has 5 rings (SSSR count). The maximum atomic E-state index is 12.6. The third-order valence-corrected chi connectivity index (χ3v) is 6.86. The summed E-state index contributed by atoms with van der Waals surface area (Å²) in [5.74, 6) is 2.55. The first-order valence-corrected chi connectivity index (χ1v) is 12.5. The second-order valence-electron chi connectivity index (χ2n) is 10.3. The molecule has 0 saturated carbocycles. The first-order chi connectivity index (χ1) is 17.6. The SMILES string of the molecule is Cc1cc(Nc2ncc(C)c(Nc3ccc4c(n3)N(C)C(=O)C(C)(C)O4)n2)ccc1N1CCN(C)CC1. The fraction of sp³-hybridized carbons (Fsp3) is 0.407. The Morgan fingerprint density at radius 3 is 2.43 bits per heavy atom. The van der Waals surface area contributed by atoms with Crippen LogP contribution in [0.2, 0.25) is 0 Å². The molecule has 0 unspecified atom stereocenters. The molecule has 2 aromatic heterocycles. The van der Waals surface area contributed by atoms with Crippen molar-refractivity contribution in [2.75, 3.05) is 60.7 Å². The molecule has 10 nitrogen and oxygen atoms in total. The van der Waals surface area contributed by atoms with E-state index in [1.54, 1.807) is 27.1 Å². The van der Waals surface area contributed by atoms with E-state index in [1.165, 1.54) is 16.2 Å². The Balaban J connectivity index is 1.32. The molecule has 4 heterocycles. The van der Waals surface area contributed by atoms with Gasteiger partial charge in [-0.05, 0) is 70.6 Å². The summed E-state index contributed by atoms with van der Waals surface area (Å²) in [6, 6.07) is 9.98. The number of amides is 1. The molecular weight excluding hydrogens is 468 g/mol. The van der Waals surface area contributed by atoms with E-state index in [4.69, 9.17) is 4.74 Å². The second kappa shape index (κ2) is 9.51. The number of piperazine rings is 1. The molecule has 0 atom stereocenters. The zero-order chi connectivity index (χ0) is 26.3. The number of benzene rings is 1. The average Bonchev–Trinajstić information content (AvgIpc) is 2.86. The Bertz CT molecular complexity index is 1330. The minimum atomic E-state index is -0.927. The lowest BCUT2D eigenvalue weighted by Gasteiger charge is -2.36. The van der Waals surface area contributed by atoms with Crippen molar-refractivity contribution in [1.82, 2.24) is 19.9 Å². The minimum absolute atomic E-state index is 0.150. The van der Waals surface area contributed by atoms with Crippen molar-refractivity contribution >= 4 is 40.7 Å². The largest absolute Gasteiger partial charge is 0.474 e. The lowest BCUT2D eigenvalue weighted by Crippen LogP contribution is -2.51. The highest BCUT2D eigenvalue weighted by molar-refractivity contribution is 6.01. The molecule has 0 radical (unpaired) electrons. The summed E-state index contributed by atoms with van der Waals surface area (Å²) in [6.07, 6.45) is 1.77. The highest BCUT2D eigenvalue weighted by Gasteiger charge is 2.40. The fourth-order valence-electron chi connectivity index (χ4n) is 4.66. The summed E-state index contributed by atoms with van der Waals surface area (Å²) < 4.78 is 5.86. The standard InChI is InChI=1S/C27H34N8O2/c1-17-15-19(7-8-20(17)35-13-11-33(5)12-14-35)29-26-28-16-18(2)23(32-26)30-22-10-9-21-24(31-22)34(6)25(36)27(3,4)37-21/h7-10,15-16H,11-14H2,1-6H3,(H2,28,29,30,31,32). The Morgan fingerprint density at radius 1 is 0.946 bits per heavy atom. The lowest BCUT2D eigenvalue weighted by atomic mass is 10.1. The van der Waals surface area contributed by atoms with Crippen molar-refractivity contribution in [3.8, 4) is 5.75 Å². The number of aromatic nitrogens is 3. The van der Waals surface area contributed by atoms with Crippen molar-refractivity contribution < 1.29 is 9.53 Å². The van der Waals surface area contributed by atoms with Gasteiger partial charge >= 0.3 is 0 Å². The van der Waals surface area contributed by atoms with Crippen LogP contribution in [0.25, 0.3) is 0 Å². The zero-order valence-corrected chi connectivity index (χ0v) is 22.3. The normalized spacial score (nSPS) is 17.3. The van der Waals surface area contributed by atoms with Crippen LogP contribution in [0.5, 0.6) is 5.75 Å². The molecule has 10 heteroatoms. The summed E-state index contributed by atoms with van der Waals surface area (Å²) in [4.78, 5) is 32.7. The Hall–Kier alpha value is -3.92. The van der Waals surface area contributed by atoms with Gasteiger partial charge in [-0.1, -0.05) is 0 Å². The third-order valence-electron chi connectivity index (χ3n) is 6.86. The van der Waals surface area contributed by atoms with E-state index in [-0.39, 0.29) is 5.91 Å². The summed E-state index contributed by atoms with van der Waals surface area (Å²) >= 11 is 0. The molecule has 0 aliphatic carbocycles. The van der Waals surface area contributed by atoms with Crippen LogP contribution in [0.3, 0.4) is 0 Å². The maximum Gasteiger partial charge on any atom is 0.271 e. The van der Waals surface area contributed by atoms with Crippen molar-refractivity contribution in [2.24, 2.45) is 0 Å². The highest BCUT2D eigenvalue weighted by atomic mass is 16.5. The van der Waals surface area contributed by atoms with Gasteiger partial charge in [0.1, 0.15) is 11.6 Å². The third kappa shape index (κ3) is 5.01. The zero-order valence-electron chi connectivity index (χ0n) is 22.3. The van der Waals surface area contributed by atoms with Crippen LogP contribution in [0.1, 0.15) is 25.0 Å². The molecule has 0 spiro atoms. The second-order valence-corrected chi connectivity index (χ2v) is 10.3. The van der Waals surface area contributed by atoms with Crippen LogP contribution < -0.4 is 25.2 Å². The molecule has 1 amide bonds. The Kier molecular flexibility index (Phi) is 6.36. The number of pyridine rings is 1. The smallest absolute Gasteiger partial charge is 0.271 e. The quantitative estimate of drug-likeness (QED) is 0.539. The molecule has 2 aliphatic heterocycles. The monoisotopic (exact) mass is 502 g/mol. The van der Waals surface area contributed by atoms with E-state index in [1.807, 2.05) is 19.1 Å². The maximum absolute atomic E-state index is 12.6. The molecule has 1 aromatic carbocycles. The Labute approximate surface area is 217 Å². The van der Waals surface area contributed by atoms with Crippen molar-refractivity contribution in [2.45, 2.75) is 33.3 Å². The highest BCUT2D eigenvalue weighted by Crippen LogP contribution is 2.36. The number of likely N-dealkylation sites (N-methyl/N-ethyl adjacent to an activating group) is 2. The van der Waals surface area contributed by atoms with E-state index in [9.17, 15) is 4.79 Å². The summed E-state index contributed by atoms with van der Waals surface area (Å²) in [7, 11) is 3.87. The van der Waals surface area contributed by atoms with Crippen LogP contribution in [0, 0.1) is 13.8 Å². The number of nitrogens with zero attached hydrogens (tertiary/aromatic N) is 6. The fourth-order valence-corrected chi connectivity index (χ4v) is 4.66. The van der Waals surface area contributed by atoms with Gasteiger partial charge in [0.15, 0.2) is 17.2 Å². The van der Waals surface area contributed by atoms with Crippen molar-refractivity contribution in [3.05, 3.63) is 47.7 Å². The number of ether oxygens (including phenoxy) is 1. The van der Waals surface area contributed by atoms with Gasteiger partial charge in [0.2, 0.25) is 5.95 Å². The molecule has 1 saturated heterocycles. The first-order valence-electron chi connectivity index (χ1n) is 12.5. The topological polar surface area (TPSA) is 98.8 Å². The van der Waals surface area contributed by atoms with Crippen LogP contribution >= 0.6 is 0 Å². The van der Waals surface area contributed by atoms with Gasteiger partial charge < -0.3 is 25.2 Å². The van der Waals surface area contributed by atoms with Gasteiger partial charge in [-0.15, -0.1) is 0 Å². The van der Waals surface area contributed by atoms with Gasteiger partial charge in [0, 0.05) is 56.4 Å². The van der Waals surface area contributed by atoms with E-state index >= 15 is 0 Å². The van der Waals surface area contributed by atoms with Crippen molar-refractivity contribution in [1.29, 1.82) is 0 Å². The van der Waals surface area contributed by atoms with Crippen LogP contribution in [-0.2, 0) is 4.79 Å². The average molecular weight is 503 g/mol. The lowest BCUT2D eigenvalue weighted by molar-refractivity contribution is -0.132. The number of fused-ring (bicyclic) bond motifs is 1. The van der Waals surface area contributed by atoms with Crippen molar-refractivity contribution in [3.63, 3.8) is 0 Å². The number of hydrogen-bond donors (Lipinski definition) is 2. The Morgan fingerprint density at radius 2 is 1.70 bits per heavy atom. The van der Waals surface area contributed by atoms with E-state index in [0.717, 1.165) is 37.4 Å². The van der Waals surface area contributed by atoms with Gasteiger partial charge in [-0.25, -0.2) is 9.97 Å². The molecule has 3 aromatic rings. The molecule has 37 heavy (non-hydrogen) atoms. The van der Waals surface area contributed by atoms with E-state index in [0.29, 0.717) is 29.2 Å². The van der Waals surface area contributed by atoms with Gasteiger partial charge in [-0.2, -0.15) is 4.98 Å².